The van der Waals surface area contributed by atoms with Crippen molar-refractivity contribution in [3.63, 3.8) is 0 Å². The summed E-state index contributed by atoms with van der Waals surface area (Å²) in [6.07, 6.45) is 0.885. The lowest BCUT2D eigenvalue weighted by Crippen LogP contribution is -2.42. The summed E-state index contributed by atoms with van der Waals surface area (Å²) >= 11 is 0. The van der Waals surface area contributed by atoms with Gasteiger partial charge in [0, 0.05) is 6.54 Å². The van der Waals surface area contributed by atoms with Gasteiger partial charge in [-0.05, 0) is 50.3 Å². The highest BCUT2D eigenvalue weighted by molar-refractivity contribution is 5.80. The molecule has 1 aromatic rings. The Morgan fingerprint density at radius 3 is 2.89 bits per heavy atom. The van der Waals surface area contributed by atoms with Crippen molar-refractivity contribution in [1.82, 2.24) is 5.32 Å². The second-order valence-corrected chi connectivity index (χ2v) is 5.31. The van der Waals surface area contributed by atoms with Crippen LogP contribution in [-0.4, -0.2) is 29.8 Å². The Hall–Kier alpha value is -1.55. The highest BCUT2D eigenvalue weighted by atomic mass is 16.5. The average Bonchev–Trinajstić information content (AvgIpc) is 2.32. The molecular weight excluding hydrogens is 242 g/mol. The number of aliphatic hydroxyl groups is 1. The molecule has 1 atom stereocenters. The first-order valence-corrected chi connectivity index (χ1v) is 6.73. The van der Waals surface area contributed by atoms with E-state index in [1.165, 1.54) is 0 Å². The molecule has 1 fully saturated rings. The number of aryl methyl sites for hydroxylation is 1. The smallest absolute Gasteiger partial charge is 0.260 e. The molecule has 0 spiro atoms. The number of nitrogens with one attached hydrogen (secondary N) is 1. The first kappa shape index (κ1) is 13.9. The van der Waals surface area contributed by atoms with Gasteiger partial charge in [0.05, 0.1) is 6.10 Å². The van der Waals surface area contributed by atoms with Gasteiger partial charge in [-0.15, -0.1) is 0 Å². The fourth-order valence-electron chi connectivity index (χ4n) is 2.20. The highest BCUT2D eigenvalue weighted by Crippen LogP contribution is 2.26. The van der Waals surface area contributed by atoms with Gasteiger partial charge < -0.3 is 15.2 Å². The lowest BCUT2D eigenvalue weighted by molar-refractivity contribution is -0.127. The van der Waals surface area contributed by atoms with Crippen LogP contribution in [0.1, 0.15) is 25.3 Å². The van der Waals surface area contributed by atoms with Crippen LogP contribution in [0.25, 0.3) is 0 Å². The van der Waals surface area contributed by atoms with E-state index in [-0.39, 0.29) is 12.0 Å². The Morgan fingerprint density at radius 2 is 2.26 bits per heavy atom. The average molecular weight is 263 g/mol. The fraction of sp³-hybridized carbons (Fsp3) is 0.533. The number of hydrogen-bond donors (Lipinski definition) is 2. The van der Waals surface area contributed by atoms with Crippen LogP contribution in [0.2, 0.25) is 0 Å². The zero-order valence-corrected chi connectivity index (χ0v) is 11.4. The van der Waals surface area contributed by atoms with E-state index in [9.17, 15) is 9.90 Å². The van der Waals surface area contributed by atoms with E-state index < -0.39 is 6.10 Å². The van der Waals surface area contributed by atoms with E-state index in [1.54, 1.807) is 6.92 Å². The van der Waals surface area contributed by atoms with Crippen LogP contribution in [0.3, 0.4) is 0 Å². The third kappa shape index (κ3) is 3.96. The minimum absolute atomic E-state index is 0.108. The molecule has 1 unspecified atom stereocenters. The number of ether oxygens (including phenoxy) is 1. The van der Waals surface area contributed by atoms with Crippen molar-refractivity contribution in [3.8, 4) is 5.75 Å². The molecule has 0 radical (unpaired) electrons. The third-order valence-electron chi connectivity index (χ3n) is 3.45. The standard InChI is InChI=1S/C15H21NO3/c1-10-4-3-5-14(6-10)19-11(2)15(18)16-9-12-7-13(17)8-12/h3-6,11-13,17H,7-9H2,1-2H3,(H,16,18). The summed E-state index contributed by atoms with van der Waals surface area (Å²) in [5.41, 5.74) is 1.11. The summed E-state index contributed by atoms with van der Waals surface area (Å²) in [5.74, 6) is 1.01. The Kier molecular flexibility index (Phi) is 4.43. The molecule has 104 valence electrons. The monoisotopic (exact) mass is 263 g/mol. The molecule has 0 heterocycles. The van der Waals surface area contributed by atoms with Crippen LogP contribution in [0.4, 0.5) is 0 Å². The number of carbonyl (C=O) groups is 1. The second-order valence-electron chi connectivity index (χ2n) is 5.31. The van der Waals surface area contributed by atoms with Crippen molar-refractivity contribution >= 4 is 5.91 Å². The zero-order valence-electron chi connectivity index (χ0n) is 11.4. The van der Waals surface area contributed by atoms with Gasteiger partial charge in [-0.1, -0.05) is 12.1 Å². The van der Waals surface area contributed by atoms with Crippen LogP contribution in [-0.2, 0) is 4.79 Å². The predicted molar refractivity (Wildman–Crippen MR) is 73.0 cm³/mol. The molecule has 2 N–H and O–H groups in total. The van der Waals surface area contributed by atoms with Crippen molar-refractivity contribution in [2.75, 3.05) is 6.54 Å². The van der Waals surface area contributed by atoms with Gasteiger partial charge in [-0.25, -0.2) is 0 Å². The summed E-state index contributed by atoms with van der Waals surface area (Å²) in [4.78, 5) is 11.9. The van der Waals surface area contributed by atoms with Crippen molar-refractivity contribution < 1.29 is 14.6 Å². The maximum Gasteiger partial charge on any atom is 0.260 e. The number of aliphatic hydroxyl groups excluding tert-OH is 1. The van der Waals surface area contributed by atoms with Gasteiger partial charge >= 0.3 is 0 Å². The number of hydrogen-bond acceptors (Lipinski definition) is 3. The maximum atomic E-state index is 11.9. The van der Waals surface area contributed by atoms with Crippen LogP contribution in [0.15, 0.2) is 24.3 Å². The van der Waals surface area contributed by atoms with E-state index in [0.29, 0.717) is 18.2 Å². The first-order valence-electron chi connectivity index (χ1n) is 6.73. The molecule has 4 heteroatoms. The Bertz CT molecular complexity index is 441. The lowest BCUT2D eigenvalue weighted by Gasteiger charge is -2.31. The van der Waals surface area contributed by atoms with E-state index in [4.69, 9.17) is 4.74 Å². The molecule has 4 nitrogen and oxygen atoms in total. The molecule has 1 aliphatic carbocycles. The normalized spacial score (nSPS) is 23.3. The summed E-state index contributed by atoms with van der Waals surface area (Å²) in [5, 5.41) is 12.0. The Morgan fingerprint density at radius 1 is 1.53 bits per heavy atom. The van der Waals surface area contributed by atoms with Gasteiger partial charge in [-0.3, -0.25) is 4.79 Å². The summed E-state index contributed by atoms with van der Waals surface area (Å²) < 4.78 is 5.60. The van der Waals surface area contributed by atoms with Crippen LogP contribution >= 0.6 is 0 Å². The number of benzene rings is 1. The van der Waals surface area contributed by atoms with E-state index in [0.717, 1.165) is 18.4 Å². The molecule has 2 rings (SSSR count). The lowest BCUT2D eigenvalue weighted by atomic mass is 9.82. The minimum atomic E-state index is -0.508. The first-order chi connectivity index (χ1) is 9.04. The fourth-order valence-corrected chi connectivity index (χ4v) is 2.20. The van der Waals surface area contributed by atoms with Gasteiger partial charge in [0.2, 0.25) is 0 Å². The van der Waals surface area contributed by atoms with Crippen LogP contribution in [0, 0.1) is 12.8 Å². The van der Waals surface area contributed by atoms with E-state index >= 15 is 0 Å². The topological polar surface area (TPSA) is 58.6 Å². The van der Waals surface area contributed by atoms with Crippen molar-refractivity contribution in [3.05, 3.63) is 29.8 Å². The third-order valence-corrected chi connectivity index (χ3v) is 3.45. The number of carbonyl (C=O) groups excluding carboxylic acids is 1. The SMILES string of the molecule is Cc1cccc(OC(C)C(=O)NCC2CC(O)C2)c1. The molecule has 0 bridgehead atoms. The molecule has 1 amide bonds. The summed E-state index contributed by atoms with van der Waals surface area (Å²) in [6, 6.07) is 7.65. The number of amides is 1. The molecule has 19 heavy (non-hydrogen) atoms. The maximum absolute atomic E-state index is 11.9. The van der Waals surface area contributed by atoms with E-state index in [2.05, 4.69) is 5.32 Å². The molecule has 0 aromatic heterocycles. The van der Waals surface area contributed by atoms with Crippen LogP contribution < -0.4 is 10.1 Å². The van der Waals surface area contributed by atoms with Crippen molar-refractivity contribution in [2.24, 2.45) is 5.92 Å². The van der Waals surface area contributed by atoms with Crippen molar-refractivity contribution in [1.29, 1.82) is 0 Å². The molecular formula is C15H21NO3. The van der Waals surface area contributed by atoms with Gasteiger partial charge in [0.15, 0.2) is 6.10 Å². The largest absolute Gasteiger partial charge is 0.481 e. The molecule has 0 saturated heterocycles. The van der Waals surface area contributed by atoms with E-state index in [1.807, 2.05) is 31.2 Å². The highest BCUT2D eigenvalue weighted by Gasteiger charge is 2.27. The molecule has 1 aliphatic rings. The molecule has 1 aromatic carbocycles. The van der Waals surface area contributed by atoms with Gasteiger partial charge in [0.25, 0.3) is 5.91 Å². The summed E-state index contributed by atoms with van der Waals surface area (Å²) in [6.45, 7) is 4.35. The van der Waals surface area contributed by atoms with Crippen molar-refractivity contribution in [2.45, 2.75) is 38.9 Å². The number of rotatable bonds is 5. The minimum Gasteiger partial charge on any atom is -0.481 e. The van der Waals surface area contributed by atoms with Crippen LogP contribution in [0.5, 0.6) is 5.75 Å². The quantitative estimate of drug-likeness (QED) is 0.849. The van der Waals surface area contributed by atoms with Gasteiger partial charge in [-0.2, -0.15) is 0 Å². The summed E-state index contributed by atoms with van der Waals surface area (Å²) in [7, 11) is 0. The predicted octanol–water partition coefficient (Wildman–Crippen LogP) is 1.65. The van der Waals surface area contributed by atoms with Gasteiger partial charge in [0.1, 0.15) is 5.75 Å². The Balaban J connectivity index is 1.76. The zero-order chi connectivity index (χ0) is 13.8. The second kappa shape index (κ2) is 6.06. The molecule has 1 saturated carbocycles. The molecule has 0 aliphatic heterocycles. The Labute approximate surface area is 113 Å².